The number of carbonyl (C=O) groups is 2. The second-order valence-electron chi connectivity index (χ2n) is 2.54. The Hall–Kier alpha value is -1.38. The van der Waals surface area contributed by atoms with Crippen molar-refractivity contribution in [2.45, 2.75) is 12.8 Å². The summed E-state index contributed by atoms with van der Waals surface area (Å²) < 4.78 is 4.48. The lowest BCUT2D eigenvalue weighted by Gasteiger charge is -2.03. The Morgan fingerprint density at radius 1 is 1.58 bits per heavy atom. The van der Waals surface area contributed by atoms with Crippen molar-refractivity contribution in [2.24, 2.45) is 0 Å². The standard InChI is InChI=1S/C9H10O3/c1-12-9(11)6-7-2-4-8(10)5-3-7/h2-4H,5-6H2,1H3. The van der Waals surface area contributed by atoms with Gasteiger partial charge in [0.05, 0.1) is 13.5 Å². The summed E-state index contributed by atoms with van der Waals surface area (Å²) in [6.07, 6.45) is 5.53. The molecule has 0 aliphatic heterocycles. The van der Waals surface area contributed by atoms with Crippen LogP contribution in [0, 0.1) is 0 Å². The van der Waals surface area contributed by atoms with Gasteiger partial charge in [0.1, 0.15) is 0 Å². The third kappa shape index (κ3) is 2.34. The quantitative estimate of drug-likeness (QED) is 0.575. The van der Waals surface area contributed by atoms with E-state index < -0.39 is 0 Å². The largest absolute Gasteiger partial charge is 0.469 e. The van der Waals surface area contributed by atoms with Gasteiger partial charge >= 0.3 is 5.97 Å². The fourth-order valence-electron chi connectivity index (χ4n) is 0.938. The highest BCUT2D eigenvalue weighted by molar-refractivity contribution is 5.93. The maximum atomic E-state index is 10.8. The summed E-state index contributed by atoms with van der Waals surface area (Å²) in [6.45, 7) is 0. The lowest BCUT2D eigenvalue weighted by molar-refractivity contribution is -0.139. The molecule has 0 N–H and O–H groups in total. The minimum absolute atomic E-state index is 0.0728. The molecule has 0 spiro atoms. The molecule has 3 nitrogen and oxygen atoms in total. The molecule has 12 heavy (non-hydrogen) atoms. The van der Waals surface area contributed by atoms with E-state index in [2.05, 4.69) is 4.74 Å². The first kappa shape index (κ1) is 8.71. The van der Waals surface area contributed by atoms with E-state index in [1.54, 1.807) is 12.2 Å². The van der Waals surface area contributed by atoms with Crippen LogP contribution in [0.4, 0.5) is 0 Å². The van der Waals surface area contributed by atoms with E-state index in [-0.39, 0.29) is 18.2 Å². The molecule has 1 rings (SSSR count). The molecule has 0 bridgehead atoms. The van der Waals surface area contributed by atoms with Gasteiger partial charge in [-0.25, -0.2) is 0 Å². The molecular formula is C9H10O3. The summed E-state index contributed by atoms with van der Waals surface area (Å²) in [5.74, 6) is -0.205. The molecule has 0 saturated heterocycles. The van der Waals surface area contributed by atoms with E-state index in [1.165, 1.54) is 13.2 Å². The molecule has 1 aliphatic rings. The van der Waals surface area contributed by atoms with Gasteiger partial charge in [0.15, 0.2) is 5.78 Å². The highest BCUT2D eigenvalue weighted by Crippen LogP contribution is 2.11. The topological polar surface area (TPSA) is 43.4 Å². The van der Waals surface area contributed by atoms with Crippen LogP contribution >= 0.6 is 0 Å². The lowest BCUT2D eigenvalue weighted by Crippen LogP contribution is -2.04. The highest BCUT2D eigenvalue weighted by Gasteiger charge is 2.07. The van der Waals surface area contributed by atoms with Crippen molar-refractivity contribution in [3.63, 3.8) is 0 Å². The molecule has 1 aliphatic carbocycles. The summed E-state index contributed by atoms with van der Waals surface area (Å²) in [7, 11) is 1.35. The summed E-state index contributed by atoms with van der Waals surface area (Å²) in [4.78, 5) is 21.5. The maximum absolute atomic E-state index is 10.8. The first-order valence-electron chi connectivity index (χ1n) is 3.69. The van der Waals surface area contributed by atoms with Gasteiger partial charge in [-0.2, -0.15) is 0 Å². The molecule has 0 amide bonds. The van der Waals surface area contributed by atoms with Crippen LogP contribution in [0.15, 0.2) is 23.8 Å². The zero-order valence-corrected chi connectivity index (χ0v) is 6.87. The smallest absolute Gasteiger partial charge is 0.309 e. The molecule has 0 atom stereocenters. The van der Waals surface area contributed by atoms with E-state index in [4.69, 9.17) is 0 Å². The summed E-state index contributed by atoms with van der Waals surface area (Å²) >= 11 is 0. The van der Waals surface area contributed by atoms with Crippen LogP contribution < -0.4 is 0 Å². The average Bonchev–Trinajstić information content (AvgIpc) is 2.09. The van der Waals surface area contributed by atoms with Crippen LogP contribution in [0.3, 0.4) is 0 Å². The van der Waals surface area contributed by atoms with Gasteiger partial charge in [-0.3, -0.25) is 9.59 Å². The SMILES string of the molecule is COC(=O)CC1=CCC(=O)C=C1. The molecule has 0 aromatic heterocycles. The Bertz CT molecular complexity index is 261. The Balaban J connectivity index is 2.50. The Labute approximate surface area is 70.7 Å². The normalized spacial score (nSPS) is 15.8. The second-order valence-corrected chi connectivity index (χ2v) is 2.54. The van der Waals surface area contributed by atoms with Crippen molar-refractivity contribution < 1.29 is 14.3 Å². The average molecular weight is 166 g/mol. The van der Waals surface area contributed by atoms with Crippen molar-refractivity contribution in [1.82, 2.24) is 0 Å². The summed E-state index contributed by atoms with van der Waals surface area (Å²) in [5.41, 5.74) is 0.849. The summed E-state index contributed by atoms with van der Waals surface area (Å²) in [6, 6.07) is 0. The van der Waals surface area contributed by atoms with Gasteiger partial charge in [-0.15, -0.1) is 0 Å². The van der Waals surface area contributed by atoms with Crippen LogP contribution in [0.5, 0.6) is 0 Å². The van der Waals surface area contributed by atoms with Gasteiger partial charge in [-0.05, 0) is 11.6 Å². The predicted molar refractivity (Wildman–Crippen MR) is 43.5 cm³/mol. The van der Waals surface area contributed by atoms with Gasteiger partial charge in [0.2, 0.25) is 0 Å². The third-order valence-corrected chi connectivity index (χ3v) is 1.62. The molecular weight excluding hydrogens is 156 g/mol. The monoisotopic (exact) mass is 166 g/mol. The van der Waals surface area contributed by atoms with Crippen LogP contribution in [-0.2, 0) is 14.3 Å². The molecule has 0 unspecified atom stereocenters. The maximum Gasteiger partial charge on any atom is 0.309 e. The fourth-order valence-corrected chi connectivity index (χ4v) is 0.938. The van der Waals surface area contributed by atoms with Crippen molar-refractivity contribution in [1.29, 1.82) is 0 Å². The minimum atomic E-state index is -0.278. The lowest BCUT2D eigenvalue weighted by atomic mass is 10.0. The Morgan fingerprint density at radius 2 is 2.33 bits per heavy atom. The van der Waals surface area contributed by atoms with Gasteiger partial charge < -0.3 is 4.74 Å². The van der Waals surface area contributed by atoms with Crippen LogP contribution in [0.2, 0.25) is 0 Å². The van der Waals surface area contributed by atoms with Crippen molar-refractivity contribution in [3.05, 3.63) is 23.8 Å². The molecule has 64 valence electrons. The highest BCUT2D eigenvalue weighted by atomic mass is 16.5. The molecule has 0 radical (unpaired) electrons. The second kappa shape index (κ2) is 3.85. The zero-order chi connectivity index (χ0) is 8.97. The number of rotatable bonds is 2. The number of hydrogen-bond donors (Lipinski definition) is 0. The molecule has 0 aromatic rings. The Morgan fingerprint density at radius 3 is 2.83 bits per heavy atom. The van der Waals surface area contributed by atoms with Gasteiger partial charge in [0.25, 0.3) is 0 Å². The van der Waals surface area contributed by atoms with Gasteiger partial charge in [-0.1, -0.05) is 12.2 Å². The molecule has 0 heterocycles. The van der Waals surface area contributed by atoms with Crippen molar-refractivity contribution >= 4 is 11.8 Å². The zero-order valence-electron chi connectivity index (χ0n) is 6.87. The van der Waals surface area contributed by atoms with E-state index in [0.29, 0.717) is 6.42 Å². The van der Waals surface area contributed by atoms with E-state index in [0.717, 1.165) is 5.57 Å². The first-order valence-corrected chi connectivity index (χ1v) is 3.69. The van der Waals surface area contributed by atoms with Crippen molar-refractivity contribution in [2.75, 3.05) is 7.11 Å². The van der Waals surface area contributed by atoms with Crippen LogP contribution in [-0.4, -0.2) is 18.9 Å². The number of methoxy groups -OCH3 is 1. The molecule has 3 heteroatoms. The van der Waals surface area contributed by atoms with Crippen LogP contribution in [0.25, 0.3) is 0 Å². The predicted octanol–water partition coefficient (Wildman–Crippen LogP) is 1.00. The number of hydrogen-bond acceptors (Lipinski definition) is 3. The summed E-state index contributed by atoms with van der Waals surface area (Å²) in [5, 5.41) is 0. The van der Waals surface area contributed by atoms with E-state index in [9.17, 15) is 9.59 Å². The fraction of sp³-hybridized carbons (Fsp3) is 0.333. The molecule has 0 aromatic carbocycles. The number of carbonyl (C=O) groups excluding carboxylic acids is 2. The number of esters is 1. The number of allylic oxidation sites excluding steroid dienone is 3. The molecule has 0 fully saturated rings. The van der Waals surface area contributed by atoms with Crippen molar-refractivity contribution in [3.8, 4) is 0 Å². The van der Waals surface area contributed by atoms with Crippen LogP contribution in [0.1, 0.15) is 12.8 Å². The Kier molecular flexibility index (Phi) is 2.80. The molecule has 0 saturated carbocycles. The number of ketones is 1. The number of ether oxygens (including phenoxy) is 1. The minimum Gasteiger partial charge on any atom is -0.469 e. The van der Waals surface area contributed by atoms with Gasteiger partial charge in [0, 0.05) is 6.42 Å². The van der Waals surface area contributed by atoms with E-state index >= 15 is 0 Å². The third-order valence-electron chi connectivity index (χ3n) is 1.62. The van der Waals surface area contributed by atoms with E-state index in [1.807, 2.05) is 0 Å². The first-order chi connectivity index (χ1) is 5.72.